The third-order valence-corrected chi connectivity index (χ3v) is 1.69. The maximum atomic E-state index is 11.3. The molecular formula is C10H15NO. The van der Waals surface area contributed by atoms with E-state index in [1.165, 1.54) is 0 Å². The van der Waals surface area contributed by atoms with Crippen molar-refractivity contribution in [3.05, 3.63) is 11.6 Å². The minimum atomic E-state index is 0.174. The Balaban J connectivity index is 2.68. The van der Waals surface area contributed by atoms with E-state index >= 15 is 0 Å². The van der Waals surface area contributed by atoms with Crippen LogP contribution in [0.15, 0.2) is 16.6 Å². The molecule has 2 nitrogen and oxygen atoms in total. The summed E-state index contributed by atoms with van der Waals surface area (Å²) in [5.41, 5.74) is 1.10. The highest BCUT2D eigenvalue weighted by molar-refractivity contribution is 6.03. The van der Waals surface area contributed by atoms with Crippen molar-refractivity contribution >= 4 is 12.0 Å². The largest absolute Gasteiger partial charge is 0.292 e. The fraction of sp³-hybridized carbons (Fsp3) is 0.600. The summed E-state index contributed by atoms with van der Waals surface area (Å²) in [7, 11) is 0. The van der Waals surface area contributed by atoms with Gasteiger partial charge in [0.15, 0.2) is 5.78 Å². The van der Waals surface area contributed by atoms with Gasteiger partial charge in [0.2, 0.25) is 0 Å². The Bertz CT molecular complexity index is 243. The lowest BCUT2D eigenvalue weighted by Crippen LogP contribution is -2.16. The van der Waals surface area contributed by atoms with Crippen LogP contribution in [0.3, 0.4) is 0 Å². The zero-order valence-electron chi connectivity index (χ0n) is 7.92. The van der Waals surface area contributed by atoms with Crippen LogP contribution >= 0.6 is 0 Å². The number of allylic oxidation sites excluding steroid dienone is 1. The normalized spacial score (nSPS) is 17.9. The van der Waals surface area contributed by atoms with E-state index in [9.17, 15) is 4.79 Å². The summed E-state index contributed by atoms with van der Waals surface area (Å²) in [6.07, 6.45) is 4.40. The molecule has 0 spiro atoms. The van der Waals surface area contributed by atoms with Gasteiger partial charge in [-0.15, -0.1) is 0 Å². The molecule has 66 valence electrons. The van der Waals surface area contributed by atoms with Crippen LogP contribution in [0.2, 0.25) is 0 Å². The average Bonchev–Trinajstić information content (AvgIpc) is 1.91. The first-order valence-corrected chi connectivity index (χ1v) is 4.21. The van der Waals surface area contributed by atoms with E-state index in [1.54, 1.807) is 6.21 Å². The van der Waals surface area contributed by atoms with Gasteiger partial charge in [-0.05, 0) is 23.5 Å². The molecule has 0 unspecified atom stereocenters. The summed E-state index contributed by atoms with van der Waals surface area (Å²) >= 11 is 0. The molecule has 0 bridgehead atoms. The van der Waals surface area contributed by atoms with Crippen LogP contribution in [0.25, 0.3) is 0 Å². The molecule has 0 amide bonds. The van der Waals surface area contributed by atoms with Crippen molar-refractivity contribution in [1.29, 1.82) is 0 Å². The maximum Gasteiger partial charge on any atom is 0.180 e. The number of hydrogen-bond donors (Lipinski definition) is 0. The van der Waals surface area contributed by atoms with Crippen LogP contribution in [-0.2, 0) is 4.79 Å². The van der Waals surface area contributed by atoms with Crippen molar-refractivity contribution in [2.75, 3.05) is 6.54 Å². The minimum absolute atomic E-state index is 0.174. The van der Waals surface area contributed by atoms with E-state index < -0.39 is 0 Å². The molecule has 0 atom stereocenters. The number of hydrogen-bond acceptors (Lipinski definition) is 2. The van der Waals surface area contributed by atoms with Crippen molar-refractivity contribution in [3.63, 3.8) is 0 Å². The zero-order chi connectivity index (χ0) is 9.19. The number of rotatable bonds is 1. The third-order valence-electron chi connectivity index (χ3n) is 1.69. The number of aliphatic imine (C=N–C) groups is 1. The molecule has 0 aromatic rings. The Hall–Kier alpha value is -0.920. The number of ketones is 1. The highest BCUT2D eigenvalue weighted by Crippen LogP contribution is 2.24. The Kier molecular flexibility index (Phi) is 2.46. The monoisotopic (exact) mass is 165 g/mol. The summed E-state index contributed by atoms with van der Waals surface area (Å²) in [6.45, 7) is 6.73. The van der Waals surface area contributed by atoms with Gasteiger partial charge in [0, 0.05) is 6.21 Å². The SMILES string of the molecule is CC(C)(C)CC1=CC=NCC1=O. The highest BCUT2D eigenvalue weighted by atomic mass is 16.1. The number of dihydropyridines is 1. The van der Waals surface area contributed by atoms with E-state index in [4.69, 9.17) is 0 Å². The average molecular weight is 165 g/mol. The van der Waals surface area contributed by atoms with Crippen LogP contribution in [0.5, 0.6) is 0 Å². The highest BCUT2D eigenvalue weighted by Gasteiger charge is 2.18. The maximum absolute atomic E-state index is 11.3. The van der Waals surface area contributed by atoms with Gasteiger partial charge in [-0.2, -0.15) is 0 Å². The van der Waals surface area contributed by atoms with Crippen LogP contribution in [0, 0.1) is 5.41 Å². The topological polar surface area (TPSA) is 29.4 Å². The van der Waals surface area contributed by atoms with Crippen LogP contribution < -0.4 is 0 Å². The zero-order valence-corrected chi connectivity index (χ0v) is 7.92. The fourth-order valence-electron chi connectivity index (χ4n) is 1.20. The summed E-state index contributed by atoms with van der Waals surface area (Å²) in [4.78, 5) is 15.2. The van der Waals surface area contributed by atoms with Crippen molar-refractivity contribution in [2.24, 2.45) is 10.4 Å². The Morgan fingerprint density at radius 3 is 2.67 bits per heavy atom. The van der Waals surface area contributed by atoms with Gasteiger partial charge in [-0.3, -0.25) is 9.79 Å². The minimum Gasteiger partial charge on any atom is -0.292 e. The number of nitrogens with zero attached hydrogens (tertiary/aromatic N) is 1. The predicted molar refractivity (Wildman–Crippen MR) is 50.5 cm³/mol. The molecular weight excluding hydrogens is 150 g/mol. The quantitative estimate of drug-likeness (QED) is 0.584. The Morgan fingerprint density at radius 2 is 2.17 bits per heavy atom. The van der Waals surface area contributed by atoms with Crippen molar-refractivity contribution in [3.8, 4) is 0 Å². The molecule has 1 heterocycles. The summed E-state index contributed by atoms with van der Waals surface area (Å²) in [6, 6.07) is 0. The van der Waals surface area contributed by atoms with Gasteiger partial charge < -0.3 is 0 Å². The predicted octanol–water partition coefficient (Wildman–Crippen LogP) is 2.00. The van der Waals surface area contributed by atoms with Crippen LogP contribution in [0.1, 0.15) is 27.2 Å². The Morgan fingerprint density at radius 1 is 1.50 bits per heavy atom. The smallest absolute Gasteiger partial charge is 0.180 e. The first-order chi connectivity index (χ1) is 5.49. The van der Waals surface area contributed by atoms with Gasteiger partial charge in [-0.1, -0.05) is 20.8 Å². The standard InChI is InChI=1S/C10H15NO/c1-10(2,3)6-8-4-5-11-7-9(8)12/h4-5H,6-7H2,1-3H3. The molecule has 0 N–H and O–H groups in total. The molecule has 0 saturated carbocycles. The molecule has 0 saturated heterocycles. The molecule has 0 fully saturated rings. The lowest BCUT2D eigenvalue weighted by atomic mass is 9.86. The van der Waals surface area contributed by atoms with E-state index in [2.05, 4.69) is 25.8 Å². The Labute approximate surface area is 73.4 Å². The molecule has 1 rings (SSSR count). The molecule has 0 radical (unpaired) electrons. The number of Topliss-reactive ketones (excluding diaryl/α,β-unsaturated/α-hetero) is 1. The summed E-state index contributed by atoms with van der Waals surface area (Å²) in [5.74, 6) is 0.174. The van der Waals surface area contributed by atoms with Gasteiger partial charge in [0.1, 0.15) is 6.54 Å². The first kappa shape index (κ1) is 9.17. The summed E-state index contributed by atoms with van der Waals surface area (Å²) < 4.78 is 0. The van der Waals surface area contributed by atoms with Gasteiger partial charge in [-0.25, -0.2) is 0 Å². The third kappa shape index (κ3) is 2.61. The molecule has 1 aliphatic rings. The molecule has 0 aromatic carbocycles. The number of carbonyl (C=O) groups is 1. The first-order valence-electron chi connectivity index (χ1n) is 4.21. The molecule has 0 aromatic heterocycles. The van der Waals surface area contributed by atoms with Gasteiger partial charge in [0.25, 0.3) is 0 Å². The molecule has 12 heavy (non-hydrogen) atoms. The van der Waals surface area contributed by atoms with E-state index in [0.29, 0.717) is 6.54 Å². The second kappa shape index (κ2) is 3.21. The fourth-order valence-corrected chi connectivity index (χ4v) is 1.20. The lowest BCUT2D eigenvalue weighted by Gasteiger charge is -2.19. The van der Waals surface area contributed by atoms with Gasteiger partial charge >= 0.3 is 0 Å². The van der Waals surface area contributed by atoms with Crippen LogP contribution in [0.4, 0.5) is 0 Å². The second-order valence-corrected chi connectivity index (χ2v) is 4.34. The summed E-state index contributed by atoms with van der Waals surface area (Å²) in [5, 5.41) is 0. The van der Waals surface area contributed by atoms with Gasteiger partial charge in [0.05, 0.1) is 0 Å². The van der Waals surface area contributed by atoms with E-state index in [-0.39, 0.29) is 11.2 Å². The number of carbonyl (C=O) groups excluding carboxylic acids is 1. The molecule has 1 aliphatic heterocycles. The lowest BCUT2D eigenvalue weighted by molar-refractivity contribution is -0.114. The van der Waals surface area contributed by atoms with Crippen molar-refractivity contribution < 1.29 is 4.79 Å². The molecule has 2 heteroatoms. The molecule has 0 aliphatic carbocycles. The van der Waals surface area contributed by atoms with Crippen molar-refractivity contribution in [2.45, 2.75) is 27.2 Å². The van der Waals surface area contributed by atoms with Crippen LogP contribution in [-0.4, -0.2) is 18.5 Å². The second-order valence-electron chi connectivity index (χ2n) is 4.34. The van der Waals surface area contributed by atoms with Crippen molar-refractivity contribution in [1.82, 2.24) is 0 Å². The van der Waals surface area contributed by atoms with E-state index in [0.717, 1.165) is 12.0 Å². The van der Waals surface area contributed by atoms with E-state index in [1.807, 2.05) is 6.08 Å².